The fourth-order valence-corrected chi connectivity index (χ4v) is 2.56. The lowest BCUT2D eigenvalue weighted by Gasteiger charge is -2.16. The van der Waals surface area contributed by atoms with Crippen LogP contribution >= 0.6 is 0 Å². The summed E-state index contributed by atoms with van der Waals surface area (Å²) in [7, 11) is 0. The summed E-state index contributed by atoms with van der Waals surface area (Å²) in [6.45, 7) is 4.22. The van der Waals surface area contributed by atoms with Gasteiger partial charge in [0, 0.05) is 12.2 Å². The summed E-state index contributed by atoms with van der Waals surface area (Å²) in [5.41, 5.74) is 3.77. The molecule has 0 aliphatic heterocycles. The molecule has 3 N–H and O–H groups in total. The van der Waals surface area contributed by atoms with Crippen molar-refractivity contribution in [3.63, 3.8) is 0 Å². The number of anilines is 1. The van der Waals surface area contributed by atoms with Crippen LogP contribution in [0.4, 0.5) is 10.5 Å². The van der Waals surface area contributed by atoms with Crippen molar-refractivity contribution in [1.82, 2.24) is 5.32 Å². The Morgan fingerprint density at radius 1 is 1.13 bits per heavy atom. The van der Waals surface area contributed by atoms with Crippen molar-refractivity contribution in [2.75, 3.05) is 11.9 Å². The van der Waals surface area contributed by atoms with Crippen molar-refractivity contribution in [2.45, 2.75) is 32.8 Å². The maximum absolute atomic E-state index is 12.1. The molecular formula is C19H24N2O2. The summed E-state index contributed by atoms with van der Waals surface area (Å²) < 4.78 is 0. The highest BCUT2D eigenvalue weighted by Gasteiger charge is 2.12. The van der Waals surface area contributed by atoms with E-state index in [9.17, 15) is 9.90 Å². The van der Waals surface area contributed by atoms with E-state index in [0.29, 0.717) is 0 Å². The topological polar surface area (TPSA) is 61.4 Å². The van der Waals surface area contributed by atoms with Gasteiger partial charge >= 0.3 is 6.03 Å². The maximum atomic E-state index is 12.1. The zero-order chi connectivity index (χ0) is 16.7. The van der Waals surface area contributed by atoms with Crippen LogP contribution in [-0.2, 0) is 6.42 Å². The van der Waals surface area contributed by atoms with Gasteiger partial charge in [0.1, 0.15) is 0 Å². The molecule has 0 bridgehead atoms. The van der Waals surface area contributed by atoms with Crippen molar-refractivity contribution < 1.29 is 9.90 Å². The van der Waals surface area contributed by atoms with Gasteiger partial charge in [-0.1, -0.05) is 55.8 Å². The van der Waals surface area contributed by atoms with E-state index in [1.54, 1.807) is 0 Å². The van der Waals surface area contributed by atoms with Crippen LogP contribution in [0.15, 0.2) is 48.5 Å². The largest absolute Gasteiger partial charge is 0.387 e. The van der Waals surface area contributed by atoms with E-state index in [1.807, 2.05) is 55.5 Å². The fourth-order valence-electron chi connectivity index (χ4n) is 2.56. The number of nitrogens with one attached hydrogen (secondary N) is 2. The van der Waals surface area contributed by atoms with Gasteiger partial charge in [-0.25, -0.2) is 4.79 Å². The molecule has 4 nitrogen and oxygen atoms in total. The summed E-state index contributed by atoms with van der Waals surface area (Å²) in [6, 6.07) is 15.1. The van der Waals surface area contributed by atoms with Gasteiger partial charge in [0.25, 0.3) is 0 Å². The van der Waals surface area contributed by atoms with E-state index in [-0.39, 0.29) is 12.6 Å². The first-order chi connectivity index (χ1) is 11.1. The summed E-state index contributed by atoms with van der Waals surface area (Å²) in [5.74, 6) is 0. The van der Waals surface area contributed by atoms with Crippen LogP contribution in [0.5, 0.6) is 0 Å². The van der Waals surface area contributed by atoms with Gasteiger partial charge in [-0.3, -0.25) is 0 Å². The number of carbonyl (C=O) groups excluding carboxylic acids is 1. The summed E-state index contributed by atoms with van der Waals surface area (Å²) in [4.78, 5) is 12.1. The third-order valence-corrected chi connectivity index (χ3v) is 3.79. The first-order valence-corrected chi connectivity index (χ1v) is 7.98. The number of benzene rings is 2. The molecule has 0 spiro atoms. The minimum absolute atomic E-state index is 0.173. The molecule has 0 aliphatic rings. The Balaban J connectivity index is 1.92. The number of para-hydroxylation sites is 1. The van der Waals surface area contributed by atoms with Crippen LogP contribution in [-0.4, -0.2) is 17.7 Å². The van der Waals surface area contributed by atoms with Crippen molar-refractivity contribution >= 4 is 11.7 Å². The lowest BCUT2D eigenvalue weighted by molar-refractivity contribution is 0.174. The van der Waals surface area contributed by atoms with E-state index < -0.39 is 6.10 Å². The van der Waals surface area contributed by atoms with Crippen LogP contribution in [0, 0.1) is 6.92 Å². The zero-order valence-electron chi connectivity index (χ0n) is 13.7. The Morgan fingerprint density at radius 2 is 1.83 bits per heavy atom. The molecule has 2 aromatic rings. The number of aliphatic hydroxyl groups is 1. The number of rotatable bonds is 6. The molecule has 1 unspecified atom stereocenters. The molecule has 2 aromatic carbocycles. The Bertz CT molecular complexity index is 655. The first kappa shape index (κ1) is 17.0. The quantitative estimate of drug-likeness (QED) is 0.759. The van der Waals surface area contributed by atoms with Crippen molar-refractivity contribution in [1.29, 1.82) is 0 Å². The first-order valence-electron chi connectivity index (χ1n) is 7.98. The van der Waals surface area contributed by atoms with E-state index in [4.69, 9.17) is 0 Å². The number of hydrogen-bond donors (Lipinski definition) is 3. The van der Waals surface area contributed by atoms with Gasteiger partial charge in [-0.2, -0.15) is 0 Å². The highest BCUT2D eigenvalue weighted by Crippen LogP contribution is 2.18. The Hall–Kier alpha value is -2.33. The van der Waals surface area contributed by atoms with E-state index in [1.165, 1.54) is 0 Å². The van der Waals surface area contributed by atoms with Crippen molar-refractivity contribution in [2.24, 2.45) is 0 Å². The fraction of sp³-hybridized carbons (Fsp3) is 0.316. The normalized spacial score (nSPS) is 11.8. The predicted molar refractivity (Wildman–Crippen MR) is 93.6 cm³/mol. The van der Waals surface area contributed by atoms with Crippen LogP contribution in [0.2, 0.25) is 0 Å². The molecule has 0 fully saturated rings. The van der Waals surface area contributed by atoms with Crippen LogP contribution in [0.1, 0.15) is 36.1 Å². The Labute approximate surface area is 137 Å². The van der Waals surface area contributed by atoms with E-state index >= 15 is 0 Å². The molecule has 2 amide bonds. The number of amides is 2. The summed E-state index contributed by atoms with van der Waals surface area (Å²) in [5, 5.41) is 15.8. The molecule has 0 heterocycles. The lowest BCUT2D eigenvalue weighted by Crippen LogP contribution is -2.32. The summed E-state index contributed by atoms with van der Waals surface area (Å²) in [6.07, 6.45) is 1.22. The van der Waals surface area contributed by atoms with E-state index in [0.717, 1.165) is 35.2 Å². The minimum atomic E-state index is -0.715. The predicted octanol–water partition coefficient (Wildman–Crippen LogP) is 3.80. The van der Waals surface area contributed by atoms with Gasteiger partial charge in [-0.05, 0) is 36.1 Å². The third-order valence-electron chi connectivity index (χ3n) is 3.79. The molecule has 23 heavy (non-hydrogen) atoms. The second-order valence-electron chi connectivity index (χ2n) is 5.61. The highest BCUT2D eigenvalue weighted by atomic mass is 16.3. The van der Waals surface area contributed by atoms with Crippen LogP contribution < -0.4 is 10.6 Å². The molecule has 0 aliphatic carbocycles. The number of carbonyl (C=O) groups is 1. The average Bonchev–Trinajstić information content (AvgIpc) is 2.55. The molecule has 122 valence electrons. The Kier molecular flexibility index (Phi) is 6.18. The monoisotopic (exact) mass is 312 g/mol. The third kappa shape index (κ3) is 4.83. The molecule has 0 saturated heterocycles. The number of aryl methyl sites for hydroxylation is 2. The number of urea groups is 1. The molecule has 1 atom stereocenters. The smallest absolute Gasteiger partial charge is 0.319 e. The average molecular weight is 312 g/mol. The molecule has 0 aromatic heterocycles. The van der Waals surface area contributed by atoms with Gasteiger partial charge in [0.05, 0.1) is 6.10 Å². The SMILES string of the molecule is CCCc1ccccc1NC(=O)NCC(O)c1ccccc1C. The second kappa shape index (κ2) is 8.34. The van der Waals surface area contributed by atoms with Gasteiger partial charge < -0.3 is 15.7 Å². The molecule has 4 heteroatoms. The standard InChI is InChI=1S/C19H24N2O2/c1-3-8-15-10-5-7-12-17(15)21-19(23)20-13-18(22)16-11-6-4-9-14(16)2/h4-7,9-12,18,22H,3,8,13H2,1-2H3,(H2,20,21,23). The molecular weight excluding hydrogens is 288 g/mol. The highest BCUT2D eigenvalue weighted by molar-refractivity contribution is 5.90. The van der Waals surface area contributed by atoms with Crippen molar-refractivity contribution in [3.05, 3.63) is 65.2 Å². The molecule has 0 saturated carbocycles. The number of hydrogen-bond acceptors (Lipinski definition) is 2. The summed E-state index contributed by atoms with van der Waals surface area (Å²) >= 11 is 0. The number of aliphatic hydroxyl groups excluding tert-OH is 1. The Morgan fingerprint density at radius 3 is 2.57 bits per heavy atom. The maximum Gasteiger partial charge on any atom is 0.319 e. The van der Waals surface area contributed by atoms with Gasteiger partial charge in [-0.15, -0.1) is 0 Å². The minimum Gasteiger partial charge on any atom is -0.387 e. The lowest BCUT2D eigenvalue weighted by atomic mass is 10.0. The van der Waals surface area contributed by atoms with Crippen molar-refractivity contribution in [3.8, 4) is 0 Å². The van der Waals surface area contributed by atoms with E-state index in [2.05, 4.69) is 17.6 Å². The van der Waals surface area contributed by atoms with Crippen LogP contribution in [0.25, 0.3) is 0 Å². The van der Waals surface area contributed by atoms with Gasteiger partial charge in [0.2, 0.25) is 0 Å². The molecule has 2 rings (SSSR count). The van der Waals surface area contributed by atoms with Gasteiger partial charge in [0.15, 0.2) is 0 Å². The zero-order valence-corrected chi connectivity index (χ0v) is 13.7. The second-order valence-corrected chi connectivity index (χ2v) is 5.61. The van der Waals surface area contributed by atoms with Crippen LogP contribution in [0.3, 0.4) is 0 Å². The molecule has 0 radical (unpaired) electrons.